The highest BCUT2D eigenvalue weighted by molar-refractivity contribution is 7.80. The summed E-state index contributed by atoms with van der Waals surface area (Å²) < 4.78 is 4.41. The Bertz CT molecular complexity index is 460. The lowest BCUT2D eigenvalue weighted by atomic mass is 10.1. The van der Waals surface area contributed by atoms with Crippen LogP contribution >= 0.6 is 25.3 Å². The summed E-state index contributed by atoms with van der Waals surface area (Å²) in [5.74, 6) is 1.86. The van der Waals surface area contributed by atoms with Gasteiger partial charge in [0.2, 0.25) is 0 Å². The summed E-state index contributed by atoms with van der Waals surface area (Å²) in [7, 11) is 0. The van der Waals surface area contributed by atoms with Crippen LogP contribution in [0.2, 0.25) is 0 Å². The van der Waals surface area contributed by atoms with Crippen molar-refractivity contribution < 1.29 is 9.13 Å². The summed E-state index contributed by atoms with van der Waals surface area (Å²) >= 11 is 8.48. The van der Waals surface area contributed by atoms with Gasteiger partial charge in [-0.1, -0.05) is 0 Å². The second-order valence-corrected chi connectivity index (χ2v) is 5.70. The molecule has 4 heteroatoms. The molecule has 0 N–H and O–H groups in total. The number of nitrogens with zero attached hydrogens (tertiary/aromatic N) is 2. The predicted molar refractivity (Wildman–Crippen MR) is 89.2 cm³/mol. The van der Waals surface area contributed by atoms with Gasteiger partial charge in [0.15, 0.2) is 24.8 Å². The highest BCUT2D eigenvalue weighted by Gasteiger charge is 2.05. The van der Waals surface area contributed by atoms with Crippen LogP contribution in [0.3, 0.4) is 0 Å². The average Bonchev–Trinajstić information content (AvgIpc) is 2.52. The standard InChI is InChI=1S/C16H20N2S2/c19-13-1-7-17-9-3-15(4-10-17)16-5-11-18(12-6-16)8-2-14-20/h3-6,9-12H,1-2,7-8,13-14H2/p+2. The van der Waals surface area contributed by atoms with E-state index < -0.39 is 0 Å². The van der Waals surface area contributed by atoms with Gasteiger partial charge in [0, 0.05) is 37.1 Å². The van der Waals surface area contributed by atoms with Crippen LogP contribution in [0.5, 0.6) is 0 Å². The van der Waals surface area contributed by atoms with E-state index in [-0.39, 0.29) is 0 Å². The number of hydrogen-bond donors (Lipinski definition) is 2. The molecule has 2 heterocycles. The molecular formula is C16H22N2S2+2. The fourth-order valence-corrected chi connectivity index (χ4v) is 2.39. The molecule has 0 fully saturated rings. The highest BCUT2D eigenvalue weighted by atomic mass is 32.1. The van der Waals surface area contributed by atoms with Gasteiger partial charge in [-0.25, -0.2) is 9.13 Å². The number of rotatable bonds is 7. The number of hydrogen-bond acceptors (Lipinski definition) is 2. The summed E-state index contributed by atoms with van der Waals surface area (Å²) in [5, 5.41) is 0. The zero-order valence-electron chi connectivity index (χ0n) is 11.7. The molecule has 2 nitrogen and oxygen atoms in total. The zero-order chi connectivity index (χ0) is 14.2. The van der Waals surface area contributed by atoms with Crippen LogP contribution in [0.15, 0.2) is 49.1 Å². The van der Waals surface area contributed by atoms with Crippen molar-refractivity contribution in [2.75, 3.05) is 11.5 Å². The molecule has 0 radical (unpaired) electrons. The maximum Gasteiger partial charge on any atom is 0.169 e. The predicted octanol–water partition coefficient (Wildman–Crippen LogP) is 2.57. The molecule has 0 saturated carbocycles. The number of aryl methyl sites for hydroxylation is 2. The van der Waals surface area contributed by atoms with Crippen molar-refractivity contribution in [3.8, 4) is 11.1 Å². The van der Waals surface area contributed by atoms with Crippen LogP contribution in [0.25, 0.3) is 11.1 Å². The third kappa shape index (κ3) is 4.53. The summed E-state index contributed by atoms with van der Waals surface area (Å²) in [5.41, 5.74) is 2.52. The fourth-order valence-electron chi connectivity index (χ4n) is 2.10. The van der Waals surface area contributed by atoms with E-state index in [2.05, 4.69) is 83.4 Å². The van der Waals surface area contributed by atoms with Crippen molar-refractivity contribution in [3.63, 3.8) is 0 Å². The molecule has 0 amide bonds. The lowest BCUT2D eigenvalue weighted by Gasteiger charge is -2.01. The molecule has 0 aliphatic rings. The molecule has 0 aliphatic heterocycles. The third-order valence-electron chi connectivity index (χ3n) is 3.26. The second kappa shape index (κ2) is 8.32. The van der Waals surface area contributed by atoms with Gasteiger partial charge < -0.3 is 0 Å². The number of thiol groups is 2. The van der Waals surface area contributed by atoms with Gasteiger partial charge in [-0.15, -0.1) is 0 Å². The Morgan fingerprint density at radius 1 is 0.650 bits per heavy atom. The minimum Gasteiger partial charge on any atom is -0.205 e. The Morgan fingerprint density at radius 2 is 1.00 bits per heavy atom. The summed E-state index contributed by atoms with van der Waals surface area (Å²) in [6.07, 6.45) is 10.8. The molecule has 2 aromatic heterocycles. The van der Waals surface area contributed by atoms with E-state index in [9.17, 15) is 0 Å². The SMILES string of the molecule is SCCC[n+]1ccc(-c2cc[n+](CCCS)cc2)cc1. The first-order valence-corrected chi connectivity index (χ1v) is 8.30. The fraction of sp³-hybridized carbons (Fsp3) is 0.375. The van der Waals surface area contributed by atoms with Crippen molar-refractivity contribution in [1.82, 2.24) is 0 Å². The van der Waals surface area contributed by atoms with E-state index in [0.29, 0.717) is 0 Å². The molecule has 0 bridgehead atoms. The van der Waals surface area contributed by atoms with Gasteiger partial charge in [0.1, 0.15) is 13.1 Å². The Balaban J connectivity index is 2.03. The van der Waals surface area contributed by atoms with E-state index in [4.69, 9.17) is 0 Å². The molecule has 0 aromatic carbocycles. The molecule has 2 rings (SSSR count). The van der Waals surface area contributed by atoms with E-state index in [0.717, 1.165) is 37.4 Å². The number of pyridine rings is 2. The van der Waals surface area contributed by atoms with Crippen molar-refractivity contribution in [2.24, 2.45) is 0 Å². The van der Waals surface area contributed by atoms with Crippen LogP contribution in [0.4, 0.5) is 0 Å². The Kier molecular flexibility index (Phi) is 6.40. The van der Waals surface area contributed by atoms with E-state index >= 15 is 0 Å². The van der Waals surface area contributed by atoms with Gasteiger partial charge in [0.05, 0.1) is 0 Å². The lowest BCUT2D eigenvalue weighted by Crippen LogP contribution is -2.33. The largest absolute Gasteiger partial charge is 0.205 e. The summed E-state index contributed by atoms with van der Waals surface area (Å²) in [6, 6.07) is 8.69. The smallest absolute Gasteiger partial charge is 0.169 e. The molecular weight excluding hydrogens is 284 g/mol. The van der Waals surface area contributed by atoms with Gasteiger partial charge in [-0.3, -0.25) is 0 Å². The first-order chi connectivity index (χ1) is 9.83. The first kappa shape index (κ1) is 15.4. The van der Waals surface area contributed by atoms with Gasteiger partial charge >= 0.3 is 0 Å². The molecule has 2 aromatic rings. The zero-order valence-corrected chi connectivity index (χ0v) is 13.4. The van der Waals surface area contributed by atoms with Gasteiger partial charge in [-0.05, 0) is 22.6 Å². The van der Waals surface area contributed by atoms with Crippen LogP contribution in [-0.4, -0.2) is 11.5 Å². The van der Waals surface area contributed by atoms with Crippen molar-refractivity contribution >= 4 is 25.3 Å². The average molecular weight is 306 g/mol. The Hall–Kier alpha value is -1.00. The number of aromatic nitrogens is 2. The summed E-state index contributed by atoms with van der Waals surface area (Å²) in [6.45, 7) is 2.06. The maximum atomic E-state index is 4.24. The minimum atomic E-state index is 0.930. The molecule has 0 aliphatic carbocycles. The van der Waals surface area contributed by atoms with Crippen LogP contribution < -0.4 is 9.13 Å². The Labute approximate surface area is 132 Å². The molecule has 0 spiro atoms. The molecule has 0 atom stereocenters. The van der Waals surface area contributed by atoms with Crippen molar-refractivity contribution in [2.45, 2.75) is 25.9 Å². The van der Waals surface area contributed by atoms with E-state index in [1.807, 2.05) is 0 Å². The van der Waals surface area contributed by atoms with E-state index in [1.54, 1.807) is 0 Å². The normalized spacial score (nSPS) is 10.7. The van der Waals surface area contributed by atoms with Crippen LogP contribution in [-0.2, 0) is 13.1 Å². The molecule has 106 valence electrons. The maximum absolute atomic E-state index is 4.24. The van der Waals surface area contributed by atoms with Crippen LogP contribution in [0.1, 0.15) is 12.8 Å². The van der Waals surface area contributed by atoms with Gasteiger partial charge in [0.25, 0.3) is 0 Å². The second-order valence-electron chi connectivity index (χ2n) is 4.80. The quantitative estimate of drug-likeness (QED) is 0.574. The third-order valence-corrected chi connectivity index (χ3v) is 3.90. The minimum absolute atomic E-state index is 0.930. The van der Waals surface area contributed by atoms with Gasteiger partial charge in [-0.2, -0.15) is 25.3 Å². The topological polar surface area (TPSA) is 7.76 Å². The highest BCUT2D eigenvalue weighted by Crippen LogP contribution is 2.15. The molecule has 20 heavy (non-hydrogen) atoms. The monoisotopic (exact) mass is 306 g/mol. The van der Waals surface area contributed by atoms with E-state index in [1.165, 1.54) is 11.1 Å². The molecule has 0 saturated heterocycles. The van der Waals surface area contributed by atoms with Crippen molar-refractivity contribution in [1.29, 1.82) is 0 Å². The summed E-state index contributed by atoms with van der Waals surface area (Å²) in [4.78, 5) is 0. The lowest BCUT2D eigenvalue weighted by molar-refractivity contribution is -0.697. The first-order valence-electron chi connectivity index (χ1n) is 7.04. The van der Waals surface area contributed by atoms with Crippen LogP contribution in [0, 0.1) is 0 Å². The molecule has 0 unspecified atom stereocenters. The Morgan fingerprint density at radius 3 is 1.30 bits per heavy atom. The van der Waals surface area contributed by atoms with Crippen molar-refractivity contribution in [3.05, 3.63) is 49.1 Å².